The highest BCUT2D eigenvalue weighted by Gasteiger charge is 2.39. The predicted octanol–water partition coefficient (Wildman–Crippen LogP) is 4.70. The minimum absolute atomic E-state index is 0.0258. The van der Waals surface area contributed by atoms with Gasteiger partial charge in [-0.15, -0.1) is 0 Å². The quantitative estimate of drug-likeness (QED) is 0.565. The SMILES string of the molecule is CC1(C)CC(=O)C2=C(C1)Nc1[nH]ncc1C2/C=C/c1ccc(Br)cn1.NC(=O)CC1CC1. The van der Waals surface area contributed by atoms with Crippen molar-refractivity contribution >= 4 is 39.5 Å². The van der Waals surface area contributed by atoms with Gasteiger partial charge in [-0.1, -0.05) is 19.9 Å². The monoisotopic (exact) mass is 497 g/mol. The lowest BCUT2D eigenvalue weighted by Crippen LogP contribution is -2.32. The van der Waals surface area contributed by atoms with Crippen molar-refractivity contribution in [3.8, 4) is 0 Å². The fourth-order valence-corrected chi connectivity index (χ4v) is 4.47. The van der Waals surface area contributed by atoms with Crippen molar-refractivity contribution in [3.63, 3.8) is 0 Å². The average Bonchev–Trinajstić information content (AvgIpc) is 3.38. The molecule has 5 rings (SSSR count). The van der Waals surface area contributed by atoms with Crippen molar-refractivity contribution in [2.24, 2.45) is 17.1 Å². The molecule has 168 valence electrons. The average molecular weight is 498 g/mol. The van der Waals surface area contributed by atoms with Gasteiger partial charge >= 0.3 is 0 Å². The van der Waals surface area contributed by atoms with Gasteiger partial charge in [0.25, 0.3) is 0 Å². The number of fused-ring (bicyclic) bond motifs is 1. The summed E-state index contributed by atoms with van der Waals surface area (Å²) in [6.45, 7) is 4.27. The second-order valence-corrected chi connectivity index (χ2v) is 10.4. The molecule has 1 amide bonds. The summed E-state index contributed by atoms with van der Waals surface area (Å²) in [6.07, 6.45) is 12.0. The molecular weight excluding hydrogens is 470 g/mol. The lowest BCUT2D eigenvalue weighted by molar-refractivity contribution is -0.119. The van der Waals surface area contributed by atoms with Crippen LogP contribution in [0, 0.1) is 11.3 Å². The summed E-state index contributed by atoms with van der Waals surface area (Å²) in [4.78, 5) is 27.3. The van der Waals surface area contributed by atoms with E-state index in [-0.39, 0.29) is 23.0 Å². The number of carbonyl (C=O) groups excluding carboxylic acids is 2. The minimum Gasteiger partial charge on any atom is -0.370 e. The van der Waals surface area contributed by atoms with Gasteiger partial charge < -0.3 is 11.1 Å². The van der Waals surface area contributed by atoms with E-state index in [4.69, 9.17) is 5.73 Å². The third-order valence-electron chi connectivity index (χ3n) is 5.91. The molecule has 7 nitrogen and oxygen atoms in total. The number of hydrogen-bond acceptors (Lipinski definition) is 5. The van der Waals surface area contributed by atoms with Gasteiger partial charge in [-0.3, -0.25) is 19.7 Å². The molecule has 1 aliphatic heterocycles. The number of anilines is 1. The number of aromatic nitrogens is 3. The summed E-state index contributed by atoms with van der Waals surface area (Å²) in [6, 6.07) is 3.90. The number of allylic oxidation sites excluding steroid dienone is 3. The highest BCUT2D eigenvalue weighted by molar-refractivity contribution is 9.10. The smallest absolute Gasteiger partial charge is 0.217 e. The van der Waals surface area contributed by atoms with Crippen LogP contribution in [0.1, 0.15) is 63.1 Å². The first-order chi connectivity index (χ1) is 15.2. The molecule has 32 heavy (non-hydrogen) atoms. The van der Waals surface area contributed by atoms with Gasteiger partial charge in [0.15, 0.2) is 5.78 Å². The Balaban J connectivity index is 0.000000300. The van der Waals surface area contributed by atoms with Gasteiger partial charge in [-0.2, -0.15) is 5.10 Å². The number of rotatable bonds is 4. The molecule has 1 atom stereocenters. The maximum absolute atomic E-state index is 12.9. The Hall–Kier alpha value is -2.74. The van der Waals surface area contributed by atoms with Crippen LogP contribution >= 0.6 is 15.9 Å². The Labute approximate surface area is 196 Å². The van der Waals surface area contributed by atoms with Crippen molar-refractivity contribution in [2.45, 2.75) is 51.9 Å². The van der Waals surface area contributed by atoms with Crippen molar-refractivity contribution in [1.29, 1.82) is 0 Å². The summed E-state index contributed by atoms with van der Waals surface area (Å²) in [7, 11) is 0. The first kappa shape index (κ1) is 22.5. The number of aromatic amines is 1. The van der Waals surface area contributed by atoms with E-state index in [2.05, 4.69) is 56.4 Å². The van der Waals surface area contributed by atoms with Crippen LogP contribution < -0.4 is 11.1 Å². The van der Waals surface area contributed by atoms with E-state index in [1.54, 1.807) is 12.4 Å². The molecule has 0 radical (unpaired) electrons. The van der Waals surface area contributed by atoms with E-state index < -0.39 is 0 Å². The molecule has 1 saturated carbocycles. The fourth-order valence-electron chi connectivity index (χ4n) is 4.23. The van der Waals surface area contributed by atoms with Crippen LogP contribution in [0.4, 0.5) is 5.82 Å². The molecule has 2 aliphatic carbocycles. The summed E-state index contributed by atoms with van der Waals surface area (Å²) in [5.74, 6) is 1.49. The predicted molar refractivity (Wildman–Crippen MR) is 128 cm³/mol. The number of ketones is 1. The third-order valence-corrected chi connectivity index (χ3v) is 6.38. The molecule has 1 unspecified atom stereocenters. The number of primary amides is 1. The number of H-pyrrole nitrogens is 1. The van der Waals surface area contributed by atoms with Crippen molar-refractivity contribution in [3.05, 3.63) is 57.6 Å². The van der Waals surface area contributed by atoms with Crippen LogP contribution in [-0.4, -0.2) is 26.9 Å². The normalized spacial score (nSPS) is 21.3. The van der Waals surface area contributed by atoms with Gasteiger partial charge in [-0.05, 0) is 64.7 Å². The lowest BCUT2D eigenvalue weighted by Gasteiger charge is -2.37. The maximum atomic E-state index is 12.9. The molecule has 8 heteroatoms. The zero-order chi connectivity index (χ0) is 22.9. The van der Waals surface area contributed by atoms with Crippen molar-refractivity contribution in [1.82, 2.24) is 15.2 Å². The molecule has 0 saturated heterocycles. The second kappa shape index (κ2) is 9.02. The largest absolute Gasteiger partial charge is 0.370 e. The van der Waals surface area contributed by atoms with Crippen LogP contribution in [0.15, 0.2) is 46.3 Å². The third kappa shape index (κ3) is 5.35. The first-order valence-corrected chi connectivity index (χ1v) is 11.7. The van der Waals surface area contributed by atoms with E-state index in [9.17, 15) is 9.59 Å². The maximum Gasteiger partial charge on any atom is 0.217 e. The highest BCUT2D eigenvalue weighted by atomic mass is 79.9. The zero-order valence-electron chi connectivity index (χ0n) is 18.3. The summed E-state index contributed by atoms with van der Waals surface area (Å²) >= 11 is 3.39. The lowest BCUT2D eigenvalue weighted by atomic mass is 9.71. The van der Waals surface area contributed by atoms with E-state index >= 15 is 0 Å². The van der Waals surface area contributed by atoms with E-state index in [1.807, 2.05) is 18.2 Å². The Bertz CT molecular complexity index is 1080. The number of amides is 1. The number of nitrogens with two attached hydrogens (primary N) is 1. The van der Waals surface area contributed by atoms with Gasteiger partial charge in [0.05, 0.1) is 11.9 Å². The number of carbonyl (C=O) groups is 2. The van der Waals surface area contributed by atoms with Gasteiger partial charge in [0, 0.05) is 46.3 Å². The van der Waals surface area contributed by atoms with Crippen molar-refractivity contribution in [2.75, 3.05) is 5.32 Å². The number of pyridine rings is 1. The van der Waals surface area contributed by atoms with E-state index in [0.717, 1.165) is 39.2 Å². The summed E-state index contributed by atoms with van der Waals surface area (Å²) in [5.41, 5.74) is 8.60. The number of nitrogens with zero attached hydrogens (tertiary/aromatic N) is 2. The number of hydrogen-bond donors (Lipinski definition) is 3. The number of Topliss-reactive ketones (excluding diaryl/α,β-unsaturated/α-hetero) is 1. The molecule has 1 fully saturated rings. The standard InChI is InChI=1S/C19H19BrN4O.C5H9NO/c1-19(2)7-15-17(16(25)8-19)13(14-10-22-24-18(14)23-15)6-5-12-4-3-11(20)9-21-12;6-5(7)3-4-1-2-4/h3-6,9-10,13H,7-8H2,1-2H3,(H2,22,23,24);4H,1-3H2,(H2,6,7)/b6-5+;. The Morgan fingerprint density at radius 3 is 2.69 bits per heavy atom. The van der Waals surface area contributed by atoms with Crippen LogP contribution in [-0.2, 0) is 9.59 Å². The molecular formula is C24H28BrN5O2. The van der Waals surface area contributed by atoms with E-state index in [0.29, 0.717) is 18.8 Å². The molecule has 2 aromatic heterocycles. The summed E-state index contributed by atoms with van der Waals surface area (Å²) in [5, 5.41) is 10.6. The van der Waals surface area contributed by atoms with Gasteiger partial charge in [-0.25, -0.2) is 0 Å². The van der Waals surface area contributed by atoms with E-state index in [1.165, 1.54) is 12.8 Å². The minimum atomic E-state index is -0.150. The first-order valence-electron chi connectivity index (χ1n) is 10.9. The van der Waals surface area contributed by atoms with Gasteiger partial charge in [0.2, 0.25) is 5.91 Å². The molecule has 2 aromatic rings. The Morgan fingerprint density at radius 2 is 2.06 bits per heavy atom. The number of nitrogens with one attached hydrogen (secondary N) is 2. The number of halogens is 1. The highest BCUT2D eigenvalue weighted by Crippen LogP contribution is 2.46. The van der Waals surface area contributed by atoms with Crippen LogP contribution in [0.5, 0.6) is 0 Å². The molecule has 4 N–H and O–H groups in total. The van der Waals surface area contributed by atoms with Gasteiger partial charge in [0.1, 0.15) is 5.82 Å². The molecule has 3 heterocycles. The molecule has 0 spiro atoms. The molecule has 0 aromatic carbocycles. The van der Waals surface area contributed by atoms with Crippen LogP contribution in [0.3, 0.4) is 0 Å². The van der Waals surface area contributed by atoms with Crippen LogP contribution in [0.2, 0.25) is 0 Å². The van der Waals surface area contributed by atoms with Crippen LogP contribution in [0.25, 0.3) is 6.08 Å². The summed E-state index contributed by atoms with van der Waals surface area (Å²) < 4.78 is 0.943. The second-order valence-electron chi connectivity index (χ2n) is 9.51. The fraction of sp³-hybridized carbons (Fsp3) is 0.417. The van der Waals surface area contributed by atoms with Crippen molar-refractivity contribution < 1.29 is 9.59 Å². The topological polar surface area (TPSA) is 114 Å². The molecule has 3 aliphatic rings. The zero-order valence-corrected chi connectivity index (χ0v) is 19.9. The molecule has 0 bridgehead atoms. The Morgan fingerprint density at radius 1 is 1.28 bits per heavy atom. The Kier molecular flexibility index (Phi) is 6.33.